The molecule has 0 saturated heterocycles. The number of carbonyl (C=O) groups excluding carboxylic acids is 1. The zero-order valence-corrected chi connectivity index (χ0v) is 18.0. The highest BCUT2D eigenvalue weighted by molar-refractivity contribution is 7.92. The fourth-order valence-electron chi connectivity index (χ4n) is 2.56. The molecule has 0 unspecified atom stereocenters. The number of anilines is 1. The highest BCUT2D eigenvalue weighted by atomic mass is 35.5. The highest BCUT2D eigenvalue weighted by Gasteiger charge is 2.16. The lowest BCUT2D eigenvalue weighted by atomic mass is 10.2. The number of hydrogen-bond donors (Lipinski definition) is 2. The summed E-state index contributed by atoms with van der Waals surface area (Å²) in [4.78, 5) is 12.6. The molecule has 0 saturated carbocycles. The van der Waals surface area contributed by atoms with Gasteiger partial charge in [0.05, 0.1) is 27.0 Å². The van der Waals surface area contributed by atoms with Crippen LogP contribution in [0.1, 0.15) is 10.4 Å². The van der Waals surface area contributed by atoms with Gasteiger partial charge in [-0.25, -0.2) is 8.42 Å². The summed E-state index contributed by atoms with van der Waals surface area (Å²) in [6, 6.07) is 19.3. The van der Waals surface area contributed by atoms with Crippen LogP contribution in [0.25, 0.3) is 0 Å². The van der Waals surface area contributed by atoms with E-state index in [2.05, 4.69) is 10.0 Å². The first-order valence-electron chi connectivity index (χ1n) is 8.90. The number of carbonyl (C=O) groups is 1. The van der Waals surface area contributed by atoms with Crippen molar-refractivity contribution in [1.29, 1.82) is 0 Å². The van der Waals surface area contributed by atoms with Crippen molar-refractivity contribution in [2.75, 3.05) is 17.9 Å². The number of amides is 1. The molecule has 0 spiro atoms. The Balaban J connectivity index is 1.63. The largest absolute Gasteiger partial charge is 0.490 e. The van der Waals surface area contributed by atoms with Gasteiger partial charge in [-0.05, 0) is 42.5 Å². The minimum Gasteiger partial charge on any atom is -0.490 e. The van der Waals surface area contributed by atoms with Gasteiger partial charge < -0.3 is 10.1 Å². The summed E-state index contributed by atoms with van der Waals surface area (Å²) in [6.45, 7) is 0.410. The molecule has 30 heavy (non-hydrogen) atoms. The van der Waals surface area contributed by atoms with Crippen LogP contribution in [0.5, 0.6) is 5.75 Å². The maximum atomic E-state index is 12.5. The van der Waals surface area contributed by atoms with Crippen LogP contribution in [0.2, 0.25) is 10.0 Å². The van der Waals surface area contributed by atoms with Gasteiger partial charge in [0.1, 0.15) is 12.4 Å². The smallest absolute Gasteiger partial charge is 0.261 e. The fraction of sp³-hybridized carbons (Fsp3) is 0.0952. The van der Waals surface area contributed by atoms with Crippen molar-refractivity contribution in [3.63, 3.8) is 0 Å². The van der Waals surface area contributed by atoms with Crippen molar-refractivity contribution < 1.29 is 17.9 Å². The summed E-state index contributed by atoms with van der Waals surface area (Å²) in [6.07, 6.45) is 0. The van der Waals surface area contributed by atoms with Gasteiger partial charge in [0.15, 0.2) is 0 Å². The monoisotopic (exact) mass is 464 g/mol. The highest BCUT2D eigenvalue weighted by Crippen LogP contribution is 2.24. The van der Waals surface area contributed by atoms with Crippen molar-refractivity contribution in [1.82, 2.24) is 5.32 Å². The minimum absolute atomic E-state index is 0.114. The molecule has 0 radical (unpaired) electrons. The first-order valence-corrected chi connectivity index (χ1v) is 11.1. The summed E-state index contributed by atoms with van der Waals surface area (Å²) in [5, 5.41) is 3.36. The van der Waals surface area contributed by atoms with Crippen molar-refractivity contribution in [3.05, 3.63) is 88.4 Å². The van der Waals surface area contributed by atoms with Gasteiger partial charge in [0.2, 0.25) is 0 Å². The number of hydrogen-bond acceptors (Lipinski definition) is 4. The lowest BCUT2D eigenvalue weighted by Crippen LogP contribution is -2.28. The quantitative estimate of drug-likeness (QED) is 0.476. The van der Waals surface area contributed by atoms with Crippen LogP contribution in [0.15, 0.2) is 77.7 Å². The molecule has 3 aromatic rings. The summed E-state index contributed by atoms with van der Waals surface area (Å²) in [5.74, 6) is 0.0623. The average molecular weight is 465 g/mol. The molecule has 3 rings (SSSR count). The molecule has 0 fully saturated rings. The molecule has 2 N–H and O–H groups in total. The van der Waals surface area contributed by atoms with Gasteiger partial charge in [-0.15, -0.1) is 0 Å². The van der Waals surface area contributed by atoms with E-state index in [0.717, 1.165) is 0 Å². The molecular formula is C21H18Cl2N2O4S. The Kier molecular flexibility index (Phi) is 7.20. The van der Waals surface area contributed by atoms with Crippen LogP contribution in [-0.2, 0) is 10.0 Å². The number of ether oxygens (including phenoxy) is 1. The summed E-state index contributed by atoms with van der Waals surface area (Å²) in [7, 11) is -3.78. The Morgan fingerprint density at radius 3 is 2.33 bits per heavy atom. The van der Waals surface area contributed by atoms with Gasteiger partial charge >= 0.3 is 0 Å². The summed E-state index contributed by atoms with van der Waals surface area (Å²) in [5.41, 5.74) is 0.364. The molecule has 0 aliphatic rings. The average Bonchev–Trinajstić information content (AvgIpc) is 2.74. The van der Waals surface area contributed by atoms with E-state index in [0.29, 0.717) is 10.8 Å². The number of nitrogens with one attached hydrogen (secondary N) is 2. The lowest BCUT2D eigenvalue weighted by Gasteiger charge is -2.12. The Hall–Kier alpha value is -2.74. The first-order chi connectivity index (χ1) is 14.4. The zero-order chi connectivity index (χ0) is 21.6. The van der Waals surface area contributed by atoms with Crippen LogP contribution in [0.4, 0.5) is 5.69 Å². The van der Waals surface area contributed by atoms with Crippen LogP contribution in [0, 0.1) is 0 Å². The molecule has 0 heterocycles. The van der Waals surface area contributed by atoms with Gasteiger partial charge in [0, 0.05) is 5.69 Å². The van der Waals surface area contributed by atoms with Gasteiger partial charge in [0.25, 0.3) is 15.9 Å². The van der Waals surface area contributed by atoms with E-state index in [4.69, 9.17) is 27.9 Å². The van der Waals surface area contributed by atoms with Crippen LogP contribution >= 0.6 is 23.2 Å². The topological polar surface area (TPSA) is 84.5 Å². The Morgan fingerprint density at radius 1 is 0.900 bits per heavy atom. The first kappa shape index (κ1) is 22.0. The zero-order valence-electron chi connectivity index (χ0n) is 15.6. The molecule has 6 nitrogen and oxygen atoms in total. The standard InChI is InChI=1S/C21H18Cl2N2O4S/c22-18-11-10-15(25-30(27,28)16-6-2-1-3-7-16)14-17(18)21(26)24-12-13-29-20-9-5-4-8-19(20)23/h1-11,14,25H,12-13H2,(H,24,26). The van der Waals surface area contributed by atoms with Gasteiger partial charge in [-0.3, -0.25) is 9.52 Å². The number of para-hydroxylation sites is 1. The molecule has 0 aliphatic heterocycles. The van der Waals surface area contributed by atoms with E-state index in [9.17, 15) is 13.2 Å². The van der Waals surface area contributed by atoms with E-state index in [1.165, 1.54) is 30.3 Å². The normalized spacial score (nSPS) is 11.0. The Morgan fingerprint density at radius 2 is 1.60 bits per heavy atom. The Bertz CT molecular complexity index is 1140. The van der Waals surface area contributed by atoms with Crippen LogP contribution < -0.4 is 14.8 Å². The SMILES string of the molecule is O=C(NCCOc1ccccc1Cl)c1cc(NS(=O)(=O)c2ccccc2)ccc1Cl. The molecule has 0 atom stereocenters. The van der Waals surface area contributed by atoms with Crippen molar-refractivity contribution >= 4 is 44.8 Å². The third-order valence-corrected chi connectivity index (χ3v) is 6.04. The number of sulfonamides is 1. The fourth-order valence-corrected chi connectivity index (χ4v) is 4.02. The van der Waals surface area contributed by atoms with Gasteiger partial charge in [-0.1, -0.05) is 53.5 Å². The molecule has 0 aliphatic carbocycles. The van der Waals surface area contributed by atoms with E-state index < -0.39 is 15.9 Å². The Labute approximate surface area is 184 Å². The van der Waals surface area contributed by atoms with Gasteiger partial charge in [-0.2, -0.15) is 0 Å². The molecule has 156 valence electrons. The van der Waals surface area contributed by atoms with Crippen molar-refractivity contribution in [2.45, 2.75) is 4.90 Å². The van der Waals surface area contributed by atoms with E-state index >= 15 is 0 Å². The number of halogens is 2. The van der Waals surface area contributed by atoms with Crippen LogP contribution in [0.3, 0.4) is 0 Å². The van der Waals surface area contributed by atoms with Crippen LogP contribution in [-0.4, -0.2) is 27.5 Å². The van der Waals surface area contributed by atoms with Crippen molar-refractivity contribution in [2.24, 2.45) is 0 Å². The maximum Gasteiger partial charge on any atom is 0.261 e. The predicted octanol–water partition coefficient (Wildman–Crippen LogP) is 4.60. The lowest BCUT2D eigenvalue weighted by molar-refractivity contribution is 0.0947. The number of benzene rings is 3. The molecule has 0 bridgehead atoms. The molecule has 1 amide bonds. The molecular weight excluding hydrogens is 447 g/mol. The third-order valence-electron chi connectivity index (χ3n) is 4.00. The second-order valence-corrected chi connectivity index (χ2v) is 8.64. The third kappa shape index (κ3) is 5.66. The molecule has 9 heteroatoms. The minimum atomic E-state index is -3.78. The second kappa shape index (κ2) is 9.84. The van der Waals surface area contributed by atoms with E-state index in [1.807, 2.05) is 0 Å². The predicted molar refractivity (Wildman–Crippen MR) is 118 cm³/mol. The van der Waals surface area contributed by atoms with E-state index in [-0.39, 0.29) is 34.3 Å². The second-order valence-electron chi connectivity index (χ2n) is 6.15. The van der Waals surface area contributed by atoms with E-state index in [1.54, 1.807) is 42.5 Å². The summed E-state index contributed by atoms with van der Waals surface area (Å²) < 4.78 is 32.9. The molecule has 3 aromatic carbocycles. The summed E-state index contributed by atoms with van der Waals surface area (Å²) >= 11 is 12.1. The number of rotatable bonds is 8. The molecule has 0 aromatic heterocycles. The van der Waals surface area contributed by atoms with Crippen molar-refractivity contribution in [3.8, 4) is 5.75 Å². The maximum absolute atomic E-state index is 12.5.